The molecule has 0 aliphatic heterocycles. The van der Waals surface area contributed by atoms with Crippen LogP contribution in [0.3, 0.4) is 0 Å². The van der Waals surface area contributed by atoms with Gasteiger partial charge in [-0.2, -0.15) is 5.10 Å². The standard InChI is InChI=1S/C13H21N3O3/c1-5-7-16(9-12(17)19-6-2)13(18)11-8-10(3)14-15(11)4/h8H,5-7,9H2,1-4H3. The topological polar surface area (TPSA) is 64.4 Å². The van der Waals surface area contributed by atoms with Gasteiger partial charge in [0.2, 0.25) is 0 Å². The molecule has 0 atom stereocenters. The molecule has 19 heavy (non-hydrogen) atoms. The van der Waals surface area contributed by atoms with Gasteiger partial charge < -0.3 is 9.64 Å². The minimum atomic E-state index is -0.386. The number of rotatable bonds is 6. The predicted molar refractivity (Wildman–Crippen MR) is 70.8 cm³/mol. The van der Waals surface area contributed by atoms with Crippen molar-refractivity contribution >= 4 is 11.9 Å². The average Bonchev–Trinajstić information content (AvgIpc) is 2.67. The van der Waals surface area contributed by atoms with Gasteiger partial charge in [-0.1, -0.05) is 6.92 Å². The van der Waals surface area contributed by atoms with Gasteiger partial charge in [0.15, 0.2) is 0 Å². The van der Waals surface area contributed by atoms with Gasteiger partial charge >= 0.3 is 5.97 Å². The Morgan fingerprint density at radius 1 is 1.42 bits per heavy atom. The van der Waals surface area contributed by atoms with E-state index in [9.17, 15) is 9.59 Å². The van der Waals surface area contributed by atoms with Crippen LogP contribution in [0.5, 0.6) is 0 Å². The maximum absolute atomic E-state index is 12.4. The van der Waals surface area contributed by atoms with Crippen molar-refractivity contribution < 1.29 is 14.3 Å². The molecule has 0 aliphatic carbocycles. The minimum absolute atomic E-state index is 0.0231. The molecule has 0 radical (unpaired) electrons. The van der Waals surface area contributed by atoms with Gasteiger partial charge in [0.05, 0.1) is 12.3 Å². The number of aryl methyl sites for hydroxylation is 2. The van der Waals surface area contributed by atoms with Crippen LogP contribution < -0.4 is 0 Å². The van der Waals surface area contributed by atoms with Crippen LogP contribution in [0.25, 0.3) is 0 Å². The summed E-state index contributed by atoms with van der Waals surface area (Å²) >= 11 is 0. The first-order valence-corrected chi connectivity index (χ1v) is 6.45. The van der Waals surface area contributed by atoms with E-state index >= 15 is 0 Å². The van der Waals surface area contributed by atoms with E-state index in [1.54, 1.807) is 20.0 Å². The second-order valence-electron chi connectivity index (χ2n) is 4.33. The van der Waals surface area contributed by atoms with E-state index < -0.39 is 0 Å². The first kappa shape index (κ1) is 15.2. The van der Waals surface area contributed by atoms with Crippen LogP contribution in [0.2, 0.25) is 0 Å². The number of esters is 1. The summed E-state index contributed by atoms with van der Waals surface area (Å²) in [5.41, 5.74) is 1.26. The number of aromatic nitrogens is 2. The van der Waals surface area contributed by atoms with Crippen molar-refractivity contribution in [2.75, 3.05) is 19.7 Å². The Kier molecular flexibility index (Phi) is 5.54. The van der Waals surface area contributed by atoms with Crippen LogP contribution in [-0.2, 0) is 16.6 Å². The number of nitrogens with zero attached hydrogens (tertiary/aromatic N) is 3. The highest BCUT2D eigenvalue weighted by Gasteiger charge is 2.21. The summed E-state index contributed by atoms with van der Waals surface area (Å²) in [5.74, 6) is -0.582. The molecule has 0 fully saturated rings. The van der Waals surface area contributed by atoms with Gasteiger partial charge in [-0.15, -0.1) is 0 Å². The van der Waals surface area contributed by atoms with Crippen molar-refractivity contribution in [1.29, 1.82) is 0 Å². The molecule has 1 rings (SSSR count). The zero-order valence-corrected chi connectivity index (χ0v) is 12.0. The number of amides is 1. The van der Waals surface area contributed by atoms with Gasteiger partial charge in [0.1, 0.15) is 12.2 Å². The maximum Gasteiger partial charge on any atom is 0.325 e. The smallest absolute Gasteiger partial charge is 0.325 e. The van der Waals surface area contributed by atoms with E-state index in [1.807, 2.05) is 13.8 Å². The summed E-state index contributed by atoms with van der Waals surface area (Å²) in [5, 5.41) is 4.14. The van der Waals surface area contributed by atoms with Crippen molar-refractivity contribution in [3.63, 3.8) is 0 Å². The summed E-state index contributed by atoms with van der Waals surface area (Å²) in [6, 6.07) is 1.72. The third-order valence-corrected chi connectivity index (χ3v) is 2.63. The van der Waals surface area contributed by atoms with Gasteiger partial charge in [-0.25, -0.2) is 0 Å². The van der Waals surface area contributed by atoms with Crippen molar-refractivity contribution in [3.8, 4) is 0 Å². The summed E-state index contributed by atoms with van der Waals surface area (Å²) in [6.07, 6.45) is 0.780. The molecule has 0 spiro atoms. The first-order valence-electron chi connectivity index (χ1n) is 6.45. The van der Waals surface area contributed by atoms with Crippen LogP contribution in [0.15, 0.2) is 6.07 Å². The van der Waals surface area contributed by atoms with Crippen LogP contribution >= 0.6 is 0 Å². The SMILES string of the molecule is CCCN(CC(=O)OCC)C(=O)c1cc(C)nn1C. The van der Waals surface area contributed by atoms with Crippen molar-refractivity contribution in [2.45, 2.75) is 27.2 Å². The highest BCUT2D eigenvalue weighted by atomic mass is 16.5. The zero-order valence-electron chi connectivity index (χ0n) is 12.0. The minimum Gasteiger partial charge on any atom is -0.465 e. The van der Waals surface area contributed by atoms with Crippen LogP contribution in [0.4, 0.5) is 0 Å². The molecule has 1 aromatic heterocycles. The van der Waals surface area contributed by atoms with Crippen molar-refractivity contribution in [2.24, 2.45) is 7.05 Å². The third kappa shape index (κ3) is 4.08. The monoisotopic (exact) mass is 267 g/mol. The molecule has 1 heterocycles. The number of hydrogen-bond acceptors (Lipinski definition) is 4. The molecule has 0 saturated carbocycles. The average molecular weight is 267 g/mol. The molecule has 0 aliphatic rings. The Labute approximate surface area is 113 Å². The summed E-state index contributed by atoms with van der Waals surface area (Å²) in [4.78, 5) is 25.4. The van der Waals surface area contributed by atoms with Crippen LogP contribution in [0.1, 0.15) is 36.5 Å². The Balaban J connectivity index is 2.83. The normalized spacial score (nSPS) is 10.3. The van der Waals surface area contributed by atoms with Gasteiger partial charge in [-0.05, 0) is 26.3 Å². The molecule has 0 saturated heterocycles. The molecule has 1 amide bonds. The zero-order chi connectivity index (χ0) is 14.4. The summed E-state index contributed by atoms with van der Waals surface area (Å²) < 4.78 is 6.42. The second kappa shape index (κ2) is 6.92. The largest absolute Gasteiger partial charge is 0.465 e. The predicted octanol–water partition coefficient (Wildman–Crippen LogP) is 1.14. The molecule has 6 nitrogen and oxygen atoms in total. The lowest BCUT2D eigenvalue weighted by atomic mass is 10.3. The molecule has 0 unspecified atom stereocenters. The molecule has 1 aromatic rings. The third-order valence-electron chi connectivity index (χ3n) is 2.63. The van der Waals surface area contributed by atoms with Crippen molar-refractivity contribution in [1.82, 2.24) is 14.7 Å². The van der Waals surface area contributed by atoms with Gasteiger partial charge in [-0.3, -0.25) is 14.3 Å². The number of ether oxygens (including phenoxy) is 1. The van der Waals surface area contributed by atoms with Crippen LogP contribution in [-0.4, -0.2) is 46.3 Å². The van der Waals surface area contributed by atoms with Crippen LogP contribution in [0, 0.1) is 6.92 Å². The molecular weight excluding hydrogens is 246 g/mol. The molecule has 0 N–H and O–H groups in total. The number of hydrogen-bond donors (Lipinski definition) is 0. The quantitative estimate of drug-likeness (QED) is 0.725. The van der Waals surface area contributed by atoms with Gasteiger partial charge in [0.25, 0.3) is 5.91 Å². The van der Waals surface area contributed by atoms with E-state index in [0.29, 0.717) is 18.8 Å². The Bertz CT molecular complexity index is 454. The lowest BCUT2D eigenvalue weighted by Gasteiger charge is -2.20. The highest BCUT2D eigenvalue weighted by Crippen LogP contribution is 2.07. The van der Waals surface area contributed by atoms with Crippen molar-refractivity contribution in [3.05, 3.63) is 17.5 Å². The summed E-state index contributed by atoms with van der Waals surface area (Å²) in [6.45, 7) is 6.34. The molecule has 0 aromatic carbocycles. The molecule has 0 bridgehead atoms. The highest BCUT2D eigenvalue weighted by molar-refractivity contribution is 5.94. The van der Waals surface area contributed by atoms with E-state index in [1.165, 1.54) is 9.58 Å². The van der Waals surface area contributed by atoms with E-state index in [2.05, 4.69) is 5.10 Å². The Hall–Kier alpha value is -1.85. The molecular formula is C13H21N3O3. The second-order valence-corrected chi connectivity index (χ2v) is 4.33. The Morgan fingerprint density at radius 2 is 2.11 bits per heavy atom. The fraction of sp³-hybridized carbons (Fsp3) is 0.615. The van der Waals surface area contributed by atoms with Gasteiger partial charge in [0, 0.05) is 13.6 Å². The Morgan fingerprint density at radius 3 is 2.58 bits per heavy atom. The van der Waals surface area contributed by atoms with E-state index in [4.69, 9.17) is 4.74 Å². The lowest BCUT2D eigenvalue weighted by molar-refractivity contribution is -0.143. The van der Waals surface area contributed by atoms with E-state index in [0.717, 1.165) is 12.1 Å². The lowest BCUT2D eigenvalue weighted by Crippen LogP contribution is -2.38. The van der Waals surface area contributed by atoms with E-state index in [-0.39, 0.29) is 18.4 Å². The number of carbonyl (C=O) groups is 2. The number of carbonyl (C=O) groups excluding carboxylic acids is 2. The fourth-order valence-corrected chi connectivity index (χ4v) is 1.86. The molecule has 6 heteroatoms. The maximum atomic E-state index is 12.4. The fourth-order valence-electron chi connectivity index (χ4n) is 1.86. The first-order chi connectivity index (χ1) is 8.99. The summed E-state index contributed by atoms with van der Waals surface area (Å²) in [7, 11) is 1.72. The molecule has 106 valence electrons.